The SMILES string of the molecule is CC(N)CCNCc1cccc2c1CN(C1CCC(=O)NC1=O)C2=O. The molecule has 7 heteroatoms. The summed E-state index contributed by atoms with van der Waals surface area (Å²) >= 11 is 0. The maximum atomic E-state index is 12.7. The summed E-state index contributed by atoms with van der Waals surface area (Å²) in [5.74, 6) is -0.791. The average molecular weight is 344 g/mol. The summed E-state index contributed by atoms with van der Waals surface area (Å²) < 4.78 is 0. The number of carbonyl (C=O) groups is 3. The van der Waals surface area contributed by atoms with E-state index in [4.69, 9.17) is 5.73 Å². The molecule has 134 valence electrons. The minimum atomic E-state index is -0.573. The quantitative estimate of drug-likeness (QED) is 0.508. The van der Waals surface area contributed by atoms with Crippen LogP contribution in [0.3, 0.4) is 0 Å². The zero-order chi connectivity index (χ0) is 18.0. The maximum Gasteiger partial charge on any atom is 0.255 e. The first-order chi connectivity index (χ1) is 12.0. The topological polar surface area (TPSA) is 105 Å². The second kappa shape index (κ2) is 7.33. The van der Waals surface area contributed by atoms with E-state index in [1.165, 1.54) is 0 Å². The molecule has 1 aromatic rings. The fourth-order valence-corrected chi connectivity index (χ4v) is 3.37. The predicted molar refractivity (Wildman–Crippen MR) is 92.5 cm³/mol. The number of hydrogen-bond acceptors (Lipinski definition) is 5. The van der Waals surface area contributed by atoms with Crippen molar-refractivity contribution in [3.8, 4) is 0 Å². The van der Waals surface area contributed by atoms with Crippen molar-refractivity contribution in [1.29, 1.82) is 0 Å². The first kappa shape index (κ1) is 17.6. The first-order valence-electron chi connectivity index (χ1n) is 8.69. The Hall–Kier alpha value is -2.25. The number of imide groups is 1. The van der Waals surface area contributed by atoms with E-state index in [-0.39, 0.29) is 30.2 Å². The third-order valence-electron chi connectivity index (χ3n) is 4.77. The summed E-state index contributed by atoms with van der Waals surface area (Å²) in [6.07, 6.45) is 1.53. The Balaban J connectivity index is 1.71. The van der Waals surface area contributed by atoms with Gasteiger partial charge < -0.3 is 16.0 Å². The summed E-state index contributed by atoms with van der Waals surface area (Å²) in [7, 11) is 0. The van der Waals surface area contributed by atoms with Crippen LogP contribution >= 0.6 is 0 Å². The molecule has 4 N–H and O–H groups in total. The molecule has 0 radical (unpaired) electrons. The van der Waals surface area contributed by atoms with Gasteiger partial charge in [-0.1, -0.05) is 12.1 Å². The lowest BCUT2D eigenvalue weighted by Gasteiger charge is -2.29. The van der Waals surface area contributed by atoms with Crippen molar-refractivity contribution in [2.24, 2.45) is 5.73 Å². The molecule has 2 heterocycles. The van der Waals surface area contributed by atoms with Gasteiger partial charge in [0.15, 0.2) is 0 Å². The van der Waals surface area contributed by atoms with Gasteiger partial charge in [0.1, 0.15) is 6.04 Å². The molecule has 0 saturated carbocycles. The zero-order valence-corrected chi connectivity index (χ0v) is 14.4. The van der Waals surface area contributed by atoms with Crippen LogP contribution in [0.2, 0.25) is 0 Å². The van der Waals surface area contributed by atoms with E-state index in [0.717, 1.165) is 24.1 Å². The molecule has 2 atom stereocenters. The molecular formula is C18H24N4O3. The minimum absolute atomic E-state index is 0.137. The van der Waals surface area contributed by atoms with E-state index >= 15 is 0 Å². The van der Waals surface area contributed by atoms with Gasteiger partial charge in [-0.3, -0.25) is 19.7 Å². The third kappa shape index (κ3) is 3.72. The molecule has 7 nitrogen and oxygen atoms in total. The number of piperidine rings is 1. The highest BCUT2D eigenvalue weighted by Gasteiger charge is 2.39. The number of hydrogen-bond donors (Lipinski definition) is 3. The number of carbonyl (C=O) groups excluding carboxylic acids is 3. The van der Waals surface area contributed by atoms with Crippen molar-refractivity contribution in [3.05, 3.63) is 34.9 Å². The Labute approximate surface area is 146 Å². The molecule has 0 aliphatic carbocycles. The number of nitrogens with one attached hydrogen (secondary N) is 2. The average Bonchev–Trinajstić information content (AvgIpc) is 2.89. The van der Waals surface area contributed by atoms with Gasteiger partial charge in [0.05, 0.1) is 0 Å². The number of rotatable bonds is 6. The second-order valence-electron chi connectivity index (χ2n) is 6.79. The van der Waals surface area contributed by atoms with Crippen molar-refractivity contribution in [2.45, 2.75) is 51.4 Å². The number of amides is 3. The molecule has 2 unspecified atom stereocenters. The van der Waals surface area contributed by atoms with Gasteiger partial charge in [0, 0.05) is 31.1 Å². The van der Waals surface area contributed by atoms with E-state index in [9.17, 15) is 14.4 Å². The van der Waals surface area contributed by atoms with Gasteiger partial charge in [-0.25, -0.2) is 0 Å². The monoisotopic (exact) mass is 344 g/mol. The summed E-state index contributed by atoms with van der Waals surface area (Å²) in [6, 6.07) is 5.25. The minimum Gasteiger partial charge on any atom is -0.328 e. The summed E-state index contributed by atoms with van der Waals surface area (Å²) in [4.78, 5) is 37.7. The van der Waals surface area contributed by atoms with Gasteiger partial charge in [0.25, 0.3) is 5.91 Å². The van der Waals surface area contributed by atoms with E-state index < -0.39 is 6.04 Å². The highest BCUT2D eigenvalue weighted by Crippen LogP contribution is 2.29. The van der Waals surface area contributed by atoms with E-state index in [1.54, 1.807) is 11.0 Å². The molecular weight excluding hydrogens is 320 g/mol. The lowest BCUT2D eigenvalue weighted by atomic mass is 10.0. The summed E-state index contributed by atoms with van der Waals surface area (Å²) in [5, 5.41) is 5.68. The highest BCUT2D eigenvalue weighted by atomic mass is 16.2. The Morgan fingerprint density at radius 2 is 2.16 bits per heavy atom. The van der Waals surface area contributed by atoms with Crippen LogP contribution in [0.1, 0.15) is 47.7 Å². The normalized spacial score (nSPS) is 21.3. The maximum absolute atomic E-state index is 12.7. The standard InChI is InChI=1S/C18H24N4O3/c1-11(19)7-8-20-9-12-3-2-4-13-14(12)10-22(18(13)25)15-5-6-16(23)21-17(15)24/h2-4,11,15,20H,5-10,19H2,1H3,(H,21,23,24). The van der Waals surface area contributed by atoms with Crippen LogP contribution in [0, 0.1) is 0 Å². The van der Waals surface area contributed by atoms with Crippen molar-refractivity contribution < 1.29 is 14.4 Å². The van der Waals surface area contributed by atoms with E-state index in [1.807, 2.05) is 19.1 Å². The fourth-order valence-electron chi connectivity index (χ4n) is 3.37. The number of benzene rings is 1. The van der Waals surface area contributed by atoms with Gasteiger partial charge in [-0.2, -0.15) is 0 Å². The van der Waals surface area contributed by atoms with Crippen LogP contribution in [-0.2, 0) is 22.7 Å². The first-order valence-corrected chi connectivity index (χ1v) is 8.69. The lowest BCUT2D eigenvalue weighted by molar-refractivity contribution is -0.136. The van der Waals surface area contributed by atoms with Crippen molar-refractivity contribution in [3.63, 3.8) is 0 Å². The summed E-state index contributed by atoms with van der Waals surface area (Å²) in [6.45, 7) is 3.85. The molecule has 1 fully saturated rings. The lowest BCUT2D eigenvalue weighted by Crippen LogP contribution is -2.52. The molecule has 3 amide bonds. The van der Waals surface area contributed by atoms with Crippen LogP contribution in [0.15, 0.2) is 18.2 Å². The smallest absolute Gasteiger partial charge is 0.255 e. The number of nitrogens with two attached hydrogens (primary N) is 1. The van der Waals surface area contributed by atoms with Crippen molar-refractivity contribution in [2.75, 3.05) is 6.54 Å². The third-order valence-corrected chi connectivity index (χ3v) is 4.77. The largest absolute Gasteiger partial charge is 0.328 e. The van der Waals surface area contributed by atoms with Gasteiger partial charge >= 0.3 is 0 Å². The Bertz CT molecular complexity index is 702. The Morgan fingerprint density at radius 3 is 2.88 bits per heavy atom. The van der Waals surface area contributed by atoms with Gasteiger partial charge in [-0.05, 0) is 43.5 Å². The Kier molecular flexibility index (Phi) is 5.15. The molecule has 2 aliphatic rings. The van der Waals surface area contributed by atoms with E-state index in [2.05, 4.69) is 10.6 Å². The molecule has 2 aliphatic heterocycles. The molecule has 1 saturated heterocycles. The van der Waals surface area contributed by atoms with Crippen LogP contribution in [0.25, 0.3) is 0 Å². The summed E-state index contributed by atoms with van der Waals surface area (Å²) in [5.41, 5.74) is 8.42. The van der Waals surface area contributed by atoms with E-state index in [0.29, 0.717) is 25.1 Å². The molecule has 25 heavy (non-hydrogen) atoms. The van der Waals surface area contributed by atoms with Crippen LogP contribution in [0.5, 0.6) is 0 Å². The highest BCUT2D eigenvalue weighted by molar-refractivity contribution is 6.05. The van der Waals surface area contributed by atoms with Crippen molar-refractivity contribution in [1.82, 2.24) is 15.5 Å². The number of fused-ring (bicyclic) bond motifs is 1. The second-order valence-corrected chi connectivity index (χ2v) is 6.79. The Morgan fingerprint density at radius 1 is 1.36 bits per heavy atom. The molecule has 0 aromatic heterocycles. The fraction of sp³-hybridized carbons (Fsp3) is 0.500. The van der Waals surface area contributed by atoms with Gasteiger partial charge in [-0.15, -0.1) is 0 Å². The van der Waals surface area contributed by atoms with Crippen molar-refractivity contribution >= 4 is 17.7 Å². The zero-order valence-electron chi connectivity index (χ0n) is 14.4. The predicted octanol–water partition coefficient (Wildman–Crippen LogP) is 0.274. The van der Waals surface area contributed by atoms with Gasteiger partial charge in [0.2, 0.25) is 11.8 Å². The molecule has 0 spiro atoms. The van der Waals surface area contributed by atoms with Crippen LogP contribution in [-0.4, -0.2) is 41.2 Å². The van der Waals surface area contributed by atoms with Crippen LogP contribution in [0.4, 0.5) is 0 Å². The molecule has 0 bridgehead atoms. The molecule has 1 aromatic carbocycles. The number of nitrogens with zero attached hydrogens (tertiary/aromatic N) is 1. The van der Waals surface area contributed by atoms with Crippen LogP contribution < -0.4 is 16.4 Å². The molecule has 3 rings (SSSR count).